The van der Waals surface area contributed by atoms with E-state index in [0.29, 0.717) is 35.9 Å². The minimum absolute atomic E-state index is 0.0362. The van der Waals surface area contributed by atoms with Gasteiger partial charge in [0.05, 0.1) is 17.8 Å². The lowest BCUT2D eigenvalue weighted by atomic mass is 9.94. The molecule has 3 rings (SSSR count). The smallest absolute Gasteiger partial charge is 0.234 e. The zero-order chi connectivity index (χ0) is 21.0. The molecule has 0 radical (unpaired) electrons. The molecule has 0 spiro atoms. The molecule has 29 heavy (non-hydrogen) atoms. The summed E-state index contributed by atoms with van der Waals surface area (Å²) in [6, 6.07) is 6.08. The molecular weight excluding hydrogens is 366 g/mol. The molecule has 2 aliphatic rings. The molecule has 2 atom stereocenters. The molecule has 0 aromatic heterocycles. The van der Waals surface area contributed by atoms with Crippen molar-refractivity contribution < 1.29 is 4.79 Å². The third kappa shape index (κ3) is 4.81. The Hall–Kier alpha value is -2.76. The Morgan fingerprint density at radius 1 is 1.38 bits per heavy atom. The fourth-order valence-electron chi connectivity index (χ4n) is 4.20. The molecule has 0 unspecified atom stereocenters. The van der Waals surface area contributed by atoms with Crippen molar-refractivity contribution in [1.82, 2.24) is 10.2 Å². The number of nitrogens with two attached hydrogens (primary N) is 1. The van der Waals surface area contributed by atoms with Crippen molar-refractivity contribution in [3.63, 3.8) is 0 Å². The van der Waals surface area contributed by atoms with Gasteiger partial charge in [-0.1, -0.05) is 6.92 Å². The molecule has 2 heterocycles. The number of likely N-dealkylation sites (tertiary alicyclic amines) is 1. The van der Waals surface area contributed by atoms with E-state index >= 15 is 0 Å². The van der Waals surface area contributed by atoms with Gasteiger partial charge in [-0.15, -0.1) is 0 Å². The quantitative estimate of drug-likeness (QED) is 0.711. The van der Waals surface area contributed by atoms with E-state index in [1.54, 1.807) is 19.2 Å². The Bertz CT molecular complexity index is 838. The maximum Gasteiger partial charge on any atom is 0.234 e. The zero-order valence-corrected chi connectivity index (χ0v) is 17.1. The van der Waals surface area contributed by atoms with Crippen LogP contribution < -0.4 is 16.0 Å². The van der Waals surface area contributed by atoms with Gasteiger partial charge in [0.1, 0.15) is 17.4 Å². The number of nitriles is 1. The molecule has 1 aromatic carbocycles. The van der Waals surface area contributed by atoms with Crippen molar-refractivity contribution in [2.24, 2.45) is 21.6 Å². The number of benzene rings is 1. The molecule has 1 aromatic rings. The Labute approximate surface area is 172 Å². The standard InChI is InChI=1S/C21H29N7O/c1-4-25-20-15(8-22)5-6-18(21(20)24-3)28-9-14(2)7-17(12-28)26-19(29)13-27-10-16(23)11-27/h4-6,14,16-17H,3,7,9-13,23H2,1-2H3,(H,26,29)/t14-,17+/m0/s1. The minimum atomic E-state index is 0.0362. The number of anilines is 1. The third-order valence-electron chi connectivity index (χ3n) is 5.38. The minimum Gasteiger partial charge on any atom is -0.367 e. The van der Waals surface area contributed by atoms with E-state index < -0.39 is 0 Å². The van der Waals surface area contributed by atoms with Gasteiger partial charge in [0.15, 0.2) is 0 Å². The molecule has 2 aliphatic heterocycles. The van der Waals surface area contributed by atoms with Gasteiger partial charge >= 0.3 is 0 Å². The van der Waals surface area contributed by atoms with Gasteiger partial charge in [-0.2, -0.15) is 5.26 Å². The van der Waals surface area contributed by atoms with E-state index in [2.05, 4.69) is 44.8 Å². The van der Waals surface area contributed by atoms with Gasteiger partial charge in [-0.25, -0.2) is 0 Å². The normalized spacial score (nSPS) is 22.9. The first-order valence-corrected chi connectivity index (χ1v) is 9.99. The summed E-state index contributed by atoms with van der Waals surface area (Å²) in [5, 5.41) is 12.6. The molecule has 154 valence electrons. The van der Waals surface area contributed by atoms with Crippen LogP contribution in [0.1, 0.15) is 25.8 Å². The van der Waals surface area contributed by atoms with Crippen molar-refractivity contribution in [2.45, 2.75) is 32.4 Å². The molecule has 1 amide bonds. The number of rotatable bonds is 6. The van der Waals surface area contributed by atoms with Crippen molar-refractivity contribution in [3.05, 3.63) is 17.7 Å². The number of hydrogen-bond acceptors (Lipinski definition) is 7. The molecule has 0 saturated carbocycles. The van der Waals surface area contributed by atoms with Crippen LogP contribution in [0.5, 0.6) is 0 Å². The Morgan fingerprint density at radius 3 is 2.76 bits per heavy atom. The van der Waals surface area contributed by atoms with Crippen LogP contribution >= 0.6 is 0 Å². The number of carbonyl (C=O) groups excluding carboxylic acids is 1. The molecule has 8 heteroatoms. The number of aliphatic imine (C=N–C) groups is 2. The highest BCUT2D eigenvalue weighted by Gasteiger charge is 2.30. The Kier molecular flexibility index (Phi) is 6.62. The zero-order valence-electron chi connectivity index (χ0n) is 17.1. The van der Waals surface area contributed by atoms with Gasteiger partial charge in [0, 0.05) is 44.5 Å². The fraction of sp³-hybridized carbons (Fsp3) is 0.524. The van der Waals surface area contributed by atoms with Crippen molar-refractivity contribution in [3.8, 4) is 6.07 Å². The van der Waals surface area contributed by atoms with Crippen LogP contribution in [-0.4, -0.2) is 68.5 Å². The van der Waals surface area contributed by atoms with Crippen LogP contribution in [0.3, 0.4) is 0 Å². The number of hydrogen-bond donors (Lipinski definition) is 2. The second-order valence-electron chi connectivity index (χ2n) is 7.95. The van der Waals surface area contributed by atoms with Crippen LogP contribution in [-0.2, 0) is 4.79 Å². The first kappa shape index (κ1) is 21.0. The van der Waals surface area contributed by atoms with Gasteiger partial charge < -0.3 is 16.0 Å². The first-order chi connectivity index (χ1) is 13.9. The van der Waals surface area contributed by atoms with E-state index in [1.165, 1.54) is 0 Å². The van der Waals surface area contributed by atoms with E-state index in [4.69, 9.17) is 5.73 Å². The van der Waals surface area contributed by atoms with Crippen LogP contribution in [0.2, 0.25) is 0 Å². The summed E-state index contributed by atoms with van der Waals surface area (Å²) in [7, 11) is 0. The van der Waals surface area contributed by atoms with Crippen LogP contribution in [0.4, 0.5) is 17.1 Å². The summed E-state index contributed by atoms with van der Waals surface area (Å²) in [6.07, 6.45) is 2.58. The van der Waals surface area contributed by atoms with Gasteiger partial charge in [0.2, 0.25) is 5.91 Å². The number of piperidine rings is 1. The first-order valence-electron chi connectivity index (χ1n) is 9.99. The molecular formula is C21H29N7O. The van der Waals surface area contributed by atoms with Crippen LogP contribution in [0.25, 0.3) is 0 Å². The summed E-state index contributed by atoms with van der Waals surface area (Å²) in [5.74, 6) is 0.437. The summed E-state index contributed by atoms with van der Waals surface area (Å²) in [4.78, 5) is 25.2. The Balaban J connectivity index is 1.76. The lowest BCUT2D eigenvalue weighted by Gasteiger charge is -2.40. The van der Waals surface area contributed by atoms with Crippen LogP contribution in [0.15, 0.2) is 22.1 Å². The number of carbonyl (C=O) groups is 1. The molecule has 2 saturated heterocycles. The average molecular weight is 396 g/mol. The second kappa shape index (κ2) is 9.16. The van der Waals surface area contributed by atoms with Crippen molar-refractivity contribution in [2.75, 3.05) is 37.6 Å². The summed E-state index contributed by atoms with van der Waals surface area (Å²) in [6.45, 7) is 11.2. The van der Waals surface area contributed by atoms with Crippen molar-refractivity contribution >= 4 is 35.9 Å². The summed E-state index contributed by atoms with van der Waals surface area (Å²) < 4.78 is 0. The van der Waals surface area contributed by atoms with Crippen LogP contribution in [0, 0.1) is 17.2 Å². The Morgan fingerprint density at radius 2 is 2.14 bits per heavy atom. The number of amides is 1. The third-order valence-corrected chi connectivity index (χ3v) is 5.38. The SMILES string of the molecule is C=Nc1c(N2C[C@@H](C)C[C@@H](NC(=O)CN3CC(N)C3)C2)ccc(C#N)c1N=CC. The van der Waals surface area contributed by atoms with Gasteiger partial charge in [-0.3, -0.25) is 19.7 Å². The van der Waals surface area contributed by atoms with E-state index in [1.807, 2.05) is 6.07 Å². The molecule has 0 bridgehead atoms. The highest BCUT2D eigenvalue weighted by molar-refractivity contribution is 5.86. The molecule has 0 aliphatic carbocycles. The second-order valence-corrected chi connectivity index (χ2v) is 7.95. The van der Waals surface area contributed by atoms with E-state index in [0.717, 1.165) is 31.7 Å². The summed E-state index contributed by atoms with van der Waals surface area (Å²) >= 11 is 0. The molecule has 3 N–H and O–H groups in total. The fourth-order valence-corrected chi connectivity index (χ4v) is 4.20. The van der Waals surface area contributed by atoms with E-state index in [9.17, 15) is 10.1 Å². The monoisotopic (exact) mass is 395 g/mol. The lowest BCUT2D eigenvalue weighted by Crippen LogP contribution is -2.59. The highest BCUT2D eigenvalue weighted by atomic mass is 16.2. The van der Waals surface area contributed by atoms with Gasteiger partial charge in [0.25, 0.3) is 0 Å². The van der Waals surface area contributed by atoms with Gasteiger partial charge in [-0.05, 0) is 38.1 Å². The topological polar surface area (TPSA) is 110 Å². The maximum atomic E-state index is 12.4. The van der Waals surface area contributed by atoms with E-state index in [-0.39, 0.29) is 18.0 Å². The predicted molar refractivity (Wildman–Crippen MR) is 117 cm³/mol. The average Bonchev–Trinajstić information content (AvgIpc) is 2.66. The molecule has 2 fully saturated rings. The van der Waals surface area contributed by atoms with Crippen molar-refractivity contribution in [1.29, 1.82) is 5.26 Å². The summed E-state index contributed by atoms with van der Waals surface area (Å²) in [5.41, 5.74) is 8.29. The highest BCUT2D eigenvalue weighted by Crippen LogP contribution is 2.41. The predicted octanol–water partition coefficient (Wildman–Crippen LogP) is 1.59. The number of nitrogens with one attached hydrogen (secondary N) is 1. The largest absolute Gasteiger partial charge is 0.367 e. The lowest BCUT2D eigenvalue weighted by molar-refractivity contribution is -0.124. The molecule has 8 nitrogen and oxygen atoms in total. The number of nitrogens with zero attached hydrogens (tertiary/aromatic N) is 5. The maximum absolute atomic E-state index is 12.4.